The Morgan fingerprint density at radius 2 is 1.80 bits per heavy atom. The number of fused-ring (bicyclic) bond motifs is 1. The van der Waals surface area contributed by atoms with Crippen LogP contribution in [-0.2, 0) is 21.9 Å². The molecule has 0 saturated heterocycles. The Morgan fingerprint density at radius 3 is 2.42 bits per heavy atom. The van der Waals surface area contributed by atoms with Gasteiger partial charge in [0.2, 0.25) is 11.8 Å². The van der Waals surface area contributed by atoms with Gasteiger partial charge in [-0.25, -0.2) is 15.0 Å². The number of nitrogens with one attached hydrogen (secondary N) is 1. The normalized spacial score (nSPS) is 11.7. The maximum Gasteiger partial charge on any atom is 0.296 e. The number of alkyl halides is 2. The molecule has 0 aliphatic rings. The first kappa shape index (κ1) is 34.6. The number of benzene rings is 2. The lowest BCUT2D eigenvalue weighted by Gasteiger charge is -2.24. The number of likely N-dealkylation sites (N-methyl/N-ethyl adjacent to an activating group) is 1. The van der Waals surface area contributed by atoms with Crippen LogP contribution in [0.1, 0.15) is 41.0 Å². The SMILES string of the molecule is COc1ncc(N(C)c2ccc3nc(C)nc(N[C@H](C)c4cccc(C(F)(F)CO)c4C)c3c2)cc1CC(=O)N(C)C.O=CO. The number of aromatic nitrogens is 3. The average molecular weight is 625 g/mol. The van der Waals surface area contributed by atoms with Gasteiger partial charge < -0.3 is 30.1 Å². The van der Waals surface area contributed by atoms with Crippen LogP contribution in [0.5, 0.6) is 5.88 Å². The largest absolute Gasteiger partial charge is 0.483 e. The zero-order valence-electron chi connectivity index (χ0n) is 26.3. The van der Waals surface area contributed by atoms with Gasteiger partial charge in [-0.1, -0.05) is 18.2 Å². The Bertz CT molecular complexity index is 1670. The summed E-state index contributed by atoms with van der Waals surface area (Å²) in [5, 5.41) is 20.3. The zero-order chi connectivity index (χ0) is 33.5. The van der Waals surface area contributed by atoms with E-state index in [2.05, 4.69) is 20.3 Å². The molecule has 0 saturated carbocycles. The van der Waals surface area contributed by atoms with E-state index in [0.29, 0.717) is 34.2 Å². The first-order valence-corrected chi connectivity index (χ1v) is 14.0. The van der Waals surface area contributed by atoms with Gasteiger partial charge in [-0.2, -0.15) is 8.78 Å². The summed E-state index contributed by atoms with van der Waals surface area (Å²) in [5.41, 5.74) is 3.83. The minimum Gasteiger partial charge on any atom is -0.483 e. The Hall–Kier alpha value is -4.91. The molecule has 13 heteroatoms. The predicted octanol–water partition coefficient (Wildman–Crippen LogP) is 5.01. The van der Waals surface area contributed by atoms with Gasteiger partial charge in [0, 0.05) is 43.3 Å². The number of aryl methyl sites for hydroxylation is 1. The van der Waals surface area contributed by atoms with Crippen molar-refractivity contribution in [2.24, 2.45) is 0 Å². The standard InChI is InChI=1S/C31H36F2N6O3.CH2O2/c1-18-24(9-8-10-26(18)31(32,33)17-40)19(2)35-29-25-15-22(11-12-27(25)36-20(3)37-29)39(6)23-13-21(14-28(41)38(4)5)30(42-7)34-16-23;2-1-3/h8-13,15-16,19,40H,14,17H2,1-7H3,(H,35,36,37);1H,(H,2,3)/t19-;/m1./s1. The van der Waals surface area contributed by atoms with E-state index in [9.17, 15) is 18.7 Å². The summed E-state index contributed by atoms with van der Waals surface area (Å²) < 4.78 is 34.1. The fourth-order valence-electron chi connectivity index (χ4n) is 4.89. The van der Waals surface area contributed by atoms with E-state index in [-0.39, 0.29) is 30.4 Å². The molecule has 0 fully saturated rings. The highest BCUT2D eigenvalue weighted by Gasteiger charge is 2.33. The highest BCUT2D eigenvalue weighted by molar-refractivity contribution is 5.92. The molecule has 0 aliphatic heterocycles. The van der Waals surface area contributed by atoms with Crippen molar-refractivity contribution < 1.29 is 33.3 Å². The molecular formula is C32H38F2N6O5. The third kappa shape index (κ3) is 7.98. The van der Waals surface area contributed by atoms with Gasteiger partial charge in [0.15, 0.2) is 0 Å². The van der Waals surface area contributed by atoms with Crippen LogP contribution in [-0.4, -0.2) is 77.3 Å². The lowest BCUT2D eigenvalue weighted by molar-refractivity contribution is -0.128. The number of anilines is 3. The van der Waals surface area contributed by atoms with Crippen molar-refractivity contribution in [3.63, 3.8) is 0 Å². The topological polar surface area (TPSA) is 141 Å². The summed E-state index contributed by atoms with van der Waals surface area (Å²) in [6.45, 7) is 3.79. The number of methoxy groups -OCH3 is 1. The molecule has 0 spiro atoms. The maximum atomic E-state index is 14.4. The third-order valence-corrected chi connectivity index (χ3v) is 7.30. The van der Waals surface area contributed by atoms with E-state index in [0.717, 1.165) is 22.3 Å². The number of carbonyl (C=O) groups is 2. The van der Waals surface area contributed by atoms with Gasteiger partial charge in [-0.05, 0) is 56.2 Å². The first-order valence-electron chi connectivity index (χ1n) is 14.0. The van der Waals surface area contributed by atoms with Gasteiger partial charge in [0.25, 0.3) is 12.4 Å². The van der Waals surface area contributed by atoms with Crippen LogP contribution in [0.2, 0.25) is 0 Å². The van der Waals surface area contributed by atoms with Crippen molar-refractivity contribution in [3.05, 3.63) is 76.7 Å². The fraction of sp³-hybridized carbons (Fsp3) is 0.344. The summed E-state index contributed by atoms with van der Waals surface area (Å²) in [6.07, 6.45) is 1.82. The number of carboxylic acid groups (broad SMARTS) is 1. The first-order chi connectivity index (χ1) is 21.3. The van der Waals surface area contributed by atoms with Crippen LogP contribution in [0.4, 0.5) is 26.0 Å². The molecule has 2 heterocycles. The maximum absolute atomic E-state index is 14.4. The summed E-state index contributed by atoms with van der Waals surface area (Å²) in [4.78, 5) is 37.9. The van der Waals surface area contributed by atoms with Crippen molar-refractivity contribution in [1.29, 1.82) is 0 Å². The molecule has 0 radical (unpaired) electrons. The van der Waals surface area contributed by atoms with Crippen molar-refractivity contribution >= 4 is 40.5 Å². The molecule has 11 nitrogen and oxygen atoms in total. The quantitative estimate of drug-likeness (QED) is 0.206. The third-order valence-electron chi connectivity index (χ3n) is 7.30. The van der Waals surface area contributed by atoms with Gasteiger partial charge in [-0.15, -0.1) is 0 Å². The number of hydrogen-bond acceptors (Lipinski definition) is 9. The molecule has 2 aromatic carbocycles. The minimum atomic E-state index is -3.34. The summed E-state index contributed by atoms with van der Waals surface area (Å²) in [6, 6.07) is 12.0. The summed E-state index contributed by atoms with van der Waals surface area (Å²) >= 11 is 0. The van der Waals surface area contributed by atoms with Crippen molar-refractivity contribution in [3.8, 4) is 5.88 Å². The molecule has 0 aliphatic carbocycles. The van der Waals surface area contributed by atoms with E-state index in [1.807, 2.05) is 43.1 Å². The van der Waals surface area contributed by atoms with Gasteiger partial charge in [0.05, 0.1) is 37.0 Å². The number of ether oxygens (including phenoxy) is 1. The fourth-order valence-corrected chi connectivity index (χ4v) is 4.89. The van der Waals surface area contributed by atoms with E-state index < -0.39 is 12.5 Å². The molecule has 2 aromatic heterocycles. The Labute approximate surface area is 260 Å². The van der Waals surface area contributed by atoms with Crippen LogP contribution in [0, 0.1) is 13.8 Å². The van der Waals surface area contributed by atoms with Crippen LogP contribution >= 0.6 is 0 Å². The smallest absolute Gasteiger partial charge is 0.296 e. The van der Waals surface area contributed by atoms with E-state index in [1.165, 1.54) is 18.1 Å². The second kappa shape index (κ2) is 14.7. The number of carbonyl (C=O) groups excluding carboxylic acids is 1. The van der Waals surface area contributed by atoms with Gasteiger partial charge in [0.1, 0.15) is 18.2 Å². The van der Waals surface area contributed by atoms with E-state index in [4.69, 9.17) is 14.6 Å². The zero-order valence-corrected chi connectivity index (χ0v) is 26.3. The monoisotopic (exact) mass is 624 g/mol. The molecule has 0 bridgehead atoms. The Balaban J connectivity index is 0.00000177. The van der Waals surface area contributed by atoms with Crippen LogP contribution < -0.4 is 15.0 Å². The van der Waals surface area contributed by atoms with Crippen LogP contribution in [0.15, 0.2) is 48.7 Å². The van der Waals surface area contributed by atoms with Crippen LogP contribution in [0.25, 0.3) is 10.9 Å². The van der Waals surface area contributed by atoms with Crippen LogP contribution in [0.3, 0.4) is 0 Å². The van der Waals surface area contributed by atoms with Crippen molar-refractivity contribution in [2.45, 2.75) is 39.2 Å². The van der Waals surface area contributed by atoms with Crippen molar-refractivity contribution in [2.75, 3.05) is 45.1 Å². The van der Waals surface area contributed by atoms with Gasteiger partial charge in [-0.3, -0.25) is 9.59 Å². The molecule has 0 unspecified atom stereocenters. The molecular weight excluding hydrogens is 586 g/mol. The number of rotatable bonds is 10. The number of nitrogens with zero attached hydrogens (tertiary/aromatic N) is 5. The number of amides is 1. The molecule has 3 N–H and O–H groups in total. The molecule has 1 atom stereocenters. The molecule has 4 rings (SSSR count). The Morgan fingerprint density at radius 1 is 1.11 bits per heavy atom. The number of halogens is 2. The number of aliphatic hydroxyl groups excluding tert-OH is 1. The van der Waals surface area contributed by atoms with E-state index >= 15 is 0 Å². The number of pyridine rings is 1. The number of aliphatic hydroxyl groups is 1. The number of hydrogen-bond donors (Lipinski definition) is 3. The molecule has 45 heavy (non-hydrogen) atoms. The lowest BCUT2D eigenvalue weighted by Crippen LogP contribution is -2.24. The Kier molecular flexibility index (Phi) is 11.3. The highest BCUT2D eigenvalue weighted by Crippen LogP contribution is 2.36. The summed E-state index contributed by atoms with van der Waals surface area (Å²) in [5.74, 6) is -1.90. The lowest BCUT2D eigenvalue weighted by atomic mass is 9.94. The van der Waals surface area contributed by atoms with E-state index in [1.54, 1.807) is 46.3 Å². The highest BCUT2D eigenvalue weighted by atomic mass is 19.3. The molecule has 1 amide bonds. The predicted molar refractivity (Wildman–Crippen MR) is 168 cm³/mol. The molecule has 4 aromatic rings. The van der Waals surface area contributed by atoms with Crippen molar-refractivity contribution in [1.82, 2.24) is 19.9 Å². The minimum absolute atomic E-state index is 0.0705. The second-order valence-electron chi connectivity index (χ2n) is 10.6. The molecule has 240 valence electrons. The second-order valence-corrected chi connectivity index (χ2v) is 10.6. The van der Waals surface area contributed by atoms with Gasteiger partial charge >= 0.3 is 0 Å². The average Bonchev–Trinajstić information content (AvgIpc) is 3.00. The summed E-state index contributed by atoms with van der Waals surface area (Å²) in [7, 11) is 6.81.